The van der Waals surface area contributed by atoms with Gasteiger partial charge in [-0.3, -0.25) is 9.78 Å². The number of hydrogen-bond acceptors (Lipinski definition) is 4. The van der Waals surface area contributed by atoms with E-state index in [0.717, 1.165) is 18.7 Å². The fourth-order valence-corrected chi connectivity index (χ4v) is 2.77. The van der Waals surface area contributed by atoms with Crippen LogP contribution in [0, 0.1) is 5.41 Å². The Labute approximate surface area is 126 Å². The van der Waals surface area contributed by atoms with Gasteiger partial charge in [0.15, 0.2) is 0 Å². The van der Waals surface area contributed by atoms with Gasteiger partial charge in [-0.15, -0.1) is 0 Å². The highest BCUT2D eigenvalue weighted by molar-refractivity contribution is 5.99. The molecule has 5 nitrogen and oxygen atoms in total. The van der Waals surface area contributed by atoms with Gasteiger partial charge < -0.3 is 15.4 Å². The van der Waals surface area contributed by atoms with Crippen molar-refractivity contribution in [2.75, 3.05) is 18.5 Å². The molecular weight excluding hydrogens is 266 g/mol. The van der Waals surface area contributed by atoms with Crippen LogP contribution in [0.2, 0.25) is 0 Å². The molecule has 2 unspecified atom stereocenters. The first kappa shape index (κ1) is 15.8. The van der Waals surface area contributed by atoms with Gasteiger partial charge in [0.1, 0.15) is 0 Å². The van der Waals surface area contributed by atoms with Crippen molar-refractivity contribution in [2.24, 2.45) is 5.41 Å². The summed E-state index contributed by atoms with van der Waals surface area (Å²) < 4.78 is 5.70. The van der Waals surface area contributed by atoms with Crippen molar-refractivity contribution in [1.29, 1.82) is 0 Å². The first-order valence-electron chi connectivity index (χ1n) is 7.61. The number of rotatable bonds is 6. The minimum absolute atomic E-state index is 0.0307. The van der Waals surface area contributed by atoms with Crippen molar-refractivity contribution < 1.29 is 9.53 Å². The Bertz CT molecular complexity index is 502. The highest BCUT2D eigenvalue weighted by atomic mass is 16.5. The van der Waals surface area contributed by atoms with E-state index in [1.54, 1.807) is 18.5 Å². The minimum atomic E-state index is -0.0543. The lowest BCUT2D eigenvalue weighted by Gasteiger charge is -2.51. The molecule has 1 fully saturated rings. The summed E-state index contributed by atoms with van der Waals surface area (Å²) in [5, 5.41) is 6.29. The zero-order valence-corrected chi connectivity index (χ0v) is 13.3. The molecule has 116 valence electrons. The number of carbonyl (C=O) groups is 1. The van der Waals surface area contributed by atoms with Crippen LogP contribution in [0.3, 0.4) is 0 Å². The van der Waals surface area contributed by atoms with Gasteiger partial charge >= 0.3 is 0 Å². The molecule has 0 aromatic carbocycles. The normalized spacial score (nSPS) is 23.2. The molecule has 1 aromatic rings. The van der Waals surface area contributed by atoms with Crippen LogP contribution in [0.15, 0.2) is 18.5 Å². The Hall–Kier alpha value is -1.62. The van der Waals surface area contributed by atoms with Gasteiger partial charge in [-0.05, 0) is 26.3 Å². The summed E-state index contributed by atoms with van der Waals surface area (Å²) in [6, 6.07) is 1.89. The molecule has 1 heterocycles. The zero-order valence-electron chi connectivity index (χ0n) is 13.3. The second kappa shape index (κ2) is 6.43. The largest absolute Gasteiger partial charge is 0.383 e. The molecule has 0 aliphatic heterocycles. The summed E-state index contributed by atoms with van der Waals surface area (Å²) in [5.74, 6) is -0.0543. The molecule has 21 heavy (non-hydrogen) atoms. The van der Waals surface area contributed by atoms with Gasteiger partial charge in [0.2, 0.25) is 0 Å². The average molecular weight is 291 g/mol. The topological polar surface area (TPSA) is 63.2 Å². The maximum Gasteiger partial charge on any atom is 0.253 e. The molecule has 1 saturated carbocycles. The summed E-state index contributed by atoms with van der Waals surface area (Å²) in [6.07, 6.45) is 4.42. The number of nitrogens with one attached hydrogen (secondary N) is 2. The Morgan fingerprint density at radius 2 is 2.24 bits per heavy atom. The van der Waals surface area contributed by atoms with Crippen LogP contribution in [-0.2, 0) is 4.74 Å². The maximum absolute atomic E-state index is 12.5. The van der Waals surface area contributed by atoms with Gasteiger partial charge in [-0.2, -0.15) is 0 Å². The SMILES string of the molecule is CCNc1cnccc1C(=O)NC1CC(OCC)C1(C)C. The van der Waals surface area contributed by atoms with E-state index in [1.165, 1.54) is 0 Å². The number of ether oxygens (including phenoxy) is 1. The lowest BCUT2D eigenvalue weighted by atomic mass is 9.64. The van der Waals surface area contributed by atoms with Crippen LogP contribution < -0.4 is 10.6 Å². The van der Waals surface area contributed by atoms with Gasteiger partial charge in [0.25, 0.3) is 5.91 Å². The van der Waals surface area contributed by atoms with Crippen LogP contribution in [0.4, 0.5) is 5.69 Å². The van der Waals surface area contributed by atoms with E-state index in [-0.39, 0.29) is 23.5 Å². The van der Waals surface area contributed by atoms with E-state index in [4.69, 9.17) is 4.74 Å². The molecule has 5 heteroatoms. The molecule has 1 amide bonds. The highest BCUT2D eigenvalue weighted by Crippen LogP contribution is 2.42. The number of aromatic nitrogens is 1. The number of amides is 1. The third-order valence-electron chi connectivity index (χ3n) is 4.28. The quantitative estimate of drug-likeness (QED) is 0.845. The summed E-state index contributed by atoms with van der Waals surface area (Å²) in [7, 11) is 0. The highest BCUT2D eigenvalue weighted by Gasteiger charge is 2.49. The van der Waals surface area contributed by atoms with Crippen molar-refractivity contribution >= 4 is 11.6 Å². The Morgan fingerprint density at radius 1 is 1.48 bits per heavy atom. The van der Waals surface area contributed by atoms with Crippen molar-refractivity contribution in [1.82, 2.24) is 10.3 Å². The van der Waals surface area contributed by atoms with Gasteiger partial charge in [0.05, 0.1) is 23.6 Å². The predicted octanol–water partition coefficient (Wildman–Crippen LogP) is 2.45. The first-order valence-corrected chi connectivity index (χ1v) is 7.61. The summed E-state index contributed by atoms with van der Waals surface area (Å²) in [5.41, 5.74) is 1.38. The number of pyridine rings is 1. The van der Waals surface area contributed by atoms with Crippen LogP contribution in [-0.4, -0.2) is 36.2 Å². The van der Waals surface area contributed by atoms with Gasteiger partial charge in [-0.25, -0.2) is 0 Å². The molecule has 0 spiro atoms. The lowest BCUT2D eigenvalue weighted by Crippen LogP contribution is -2.62. The van der Waals surface area contributed by atoms with E-state index in [2.05, 4.69) is 29.5 Å². The average Bonchev–Trinajstić information content (AvgIpc) is 2.47. The van der Waals surface area contributed by atoms with Crippen LogP contribution in [0.1, 0.15) is 44.5 Å². The lowest BCUT2D eigenvalue weighted by molar-refractivity contribution is -0.111. The van der Waals surface area contributed by atoms with E-state index >= 15 is 0 Å². The fraction of sp³-hybridized carbons (Fsp3) is 0.625. The molecule has 0 bridgehead atoms. The Kier molecular flexibility index (Phi) is 4.83. The molecule has 1 aromatic heterocycles. The van der Waals surface area contributed by atoms with Gasteiger partial charge in [-0.1, -0.05) is 13.8 Å². The number of nitrogens with zero attached hydrogens (tertiary/aromatic N) is 1. The maximum atomic E-state index is 12.5. The molecule has 0 radical (unpaired) electrons. The summed E-state index contributed by atoms with van der Waals surface area (Å²) in [4.78, 5) is 16.5. The van der Waals surface area contributed by atoms with E-state index < -0.39 is 0 Å². The van der Waals surface area contributed by atoms with Gasteiger partial charge in [0, 0.05) is 30.8 Å². The van der Waals surface area contributed by atoms with Crippen molar-refractivity contribution in [3.05, 3.63) is 24.0 Å². The van der Waals surface area contributed by atoms with Crippen molar-refractivity contribution in [3.8, 4) is 0 Å². The third-order valence-corrected chi connectivity index (χ3v) is 4.28. The monoisotopic (exact) mass is 291 g/mol. The van der Waals surface area contributed by atoms with Crippen LogP contribution in [0.5, 0.6) is 0 Å². The minimum Gasteiger partial charge on any atom is -0.383 e. The molecule has 2 N–H and O–H groups in total. The third kappa shape index (κ3) is 3.18. The molecule has 1 aliphatic carbocycles. The first-order chi connectivity index (χ1) is 10.0. The van der Waals surface area contributed by atoms with E-state index in [9.17, 15) is 4.79 Å². The van der Waals surface area contributed by atoms with E-state index in [1.807, 2.05) is 13.8 Å². The van der Waals surface area contributed by atoms with Crippen molar-refractivity contribution in [2.45, 2.75) is 46.3 Å². The number of carbonyl (C=O) groups excluding carboxylic acids is 1. The molecular formula is C16H25N3O2. The summed E-state index contributed by atoms with van der Waals surface area (Å²) in [6.45, 7) is 9.74. The smallest absolute Gasteiger partial charge is 0.253 e. The second-order valence-corrected chi connectivity index (χ2v) is 5.98. The standard InChI is InChI=1S/C16H25N3O2/c1-5-18-12-10-17-8-7-11(12)15(20)19-13-9-14(21-6-2)16(13,3)4/h7-8,10,13-14,18H,5-6,9H2,1-4H3,(H,19,20). The second-order valence-electron chi connectivity index (χ2n) is 5.98. The Morgan fingerprint density at radius 3 is 2.86 bits per heavy atom. The summed E-state index contributed by atoms with van der Waals surface area (Å²) >= 11 is 0. The predicted molar refractivity (Wildman–Crippen MR) is 83.5 cm³/mol. The zero-order chi connectivity index (χ0) is 15.5. The molecule has 1 aliphatic rings. The van der Waals surface area contributed by atoms with Crippen molar-refractivity contribution in [3.63, 3.8) is 0 Å². The van der Waals surface area contributed by atoms with Crippen LogP contribution in [0.25, 0.3) is 0 Å². The molecule has 0 saturated heterocycles. The molecule has 2 rings (SSSR count). The number of hydrogen-bond donors (Lipinski definition) is 2. The van der Waals surface area contributed by atoms with E-state index in [0.29, 0.717) is 12.2 Å². The Balaban J connectivity index is 2.03. The molecule has 2 atom stereocenters. The number of anilines is 1. The fourth-order valence-electron chi connectivity index (χ4n) is 2.77. The van der Waals surface area contributed by atoms with Crippen LogP contribution >= 0.6 is 0 Å².